The molecule has 4 rings (SSSR count). The molecule has 0 atom stereocenters. The third-order valence-electron chi connectivity index (χ3n) is 4.36. The number of nitrogens with zero attached hydrogens (tertiary/aromatic N) is 2. The van der Waals surface area contributed by atoms with E-state index in [1.807, 2.05) is 24.3 Å². The molecule has 0 amide bonds. The number of halogens is 2. The molecular formula is C20H15Cl2N3O2S. The van der Waals surface area contributed by atoms with Crippen molar-refractivity contribution in [2.24, 2.45) is 7.05 Å². The van der Waals surface area contributed by atoms with Crippen molar-refractivity contribution in [1.82, 2.24) is 9.78 Å². The Hall–Kier alpha value is -2.54. The van der Waals surface area contributed by atoms with Gasteiger partial charge < -0.3 is 0 Å². The summed E-state index contributed by atoms with van der Waals surface area (Å²) in [6, 6.07) is 19.2. The van der Waals surface area contributed by atoms with Gasteiger partial charge in [0.2, 0.25) is 0 Å². The quantitative estimate of drug-likeness (QED) is 0.473. The summed E-state index contributed by atoms with van der Waals surface area (Å²) in [7, 11) is -2.20. The molecule has 1 aromatic heterocycles. The number of anilines is 1. The number of benzene rings is 3. The molecule has 0 unspecified atom stereocenters. The van der Waals surface area contributed by atoms with Crippen LogP contribution in [-0.2, 0) is 17.1 Å². The number of hydrogen-bond donors (Lipinski definition) is 1. The molecule has 0 saturated heterocycles. The highest BCUT2D eigenvalue weighted by Crippen LogP contribution is 2.31. The molecule has 0 aliphatic heterocycles. The average Bonchev–Trinajstić information content (AvgIpc) is 3.02. The second kappa shape index (κ2) is 7.13. The molecular weight excluding hydrogens is 417 g/mol. The van der Waals surface area contributed by atoms with Gasteiger partial charge in [-0.1, -0.05) is 59.6 Å². The topological polar surface area (TPSA) is 64.0 Å². The maximum absolute atomic E-state index is 13.1. The second-order valence-corrected chi connectivity index (χ2v) is 8.74. The standard InChI is InChI=1S/C20H15Cl2N3O2S/c1-25-19(12-17(23-25)13-8-10-15(21)11-9-13)24-28(26,27)18-7-3-5-14-4-2-6-16(22)20(14)18/h2-12,24H,1H3. The van der Waals surface area contributed by atoms with E-state index in [1.165, 1.54) is 10.7 Å². The Bertz CT molecular complexity index is 1280. The van der Waals surface area contributed by atoms with Crippen molar-refractivity contribution < 1.29 is 8.42 Å². The fraction of sp³-hybridized carbons (Fsp3) is 0.0500. The van der Waals surface area contributed by atoms with Gasteiger partial charge in [-0.3, -0.25) is 9.40 Å². The lowest BCUT2D eigenvalue weighted by atomic mass is 10.1. The predicted octanol–water partition coefficient (Wildman–Crippen LogP) is 5.35. The number of fused-ring (bicyclic) bond motifs is 1. The molecule has 1 N–H and O–H groups in total. The molecule has 0 saturated carbocycles. The molecule has 0 bridgehead atoms. The largest absolute Gasteiger partial charge is 0.264 e. The van der Waals surface area contributed by atoms with E-state index in [1.54, 1.807) is 43.4 Å². The number of aryl methyl sites for hydroxylation is 1. The minimum absolute atomic E-state index is 0.116. The number of nitrogens with one attached hydrogen (secondary N) is 1. The van der Waals surface area contributed by atoms with Gasteiger partial charge in [0.05, 0.1) is 10.6 Å². The molecule has 0 radical (unpaired) electrons. The van der Waals surface area contributed by atoms with Gasteiger partial charge in [0.1, 0.15) is 5.82 Å². The van der Waals surface area contributed by atoms with Crippen molar-refractivity contribution in [2.45, 2.75) is 4.90 Å². The van der Waals surface area contributed by atoms with Gasteiger partial charge in [0.25, 0.3) is 10.0 Å². The van der Waals surface area contributed by atoms with E-state index in [-0.39, 0.29) is 4.90 Å². The highest BCUT2D eigenvalue weighted by molar-refractivity contribution is 7.93. The van der Waals surface area contributed by atoms with Gasteiger partial charge in [-0.25, -0.2) is 8.42 Å². The van der Waals surface area contributed by atoms with Crippen LogP contribution in [0, 0.1) is 0 Å². The molecule has 0 aliphatic rings. The molecule has 1 heterocycles. The average molecular weight is 432 g/mol. The number of hydrogen-bond acceptors (Lipinski definition) is 3. The minimum atomic E-state index is -3.88. The first-order valence-electron chi connectivity index (χ1n) is 8.35. The van der Waals surface area contributed by atoms with Crippen molar-refractivity contribution in [1.29, 1.82) is 0 Å². The molecule has 28 heavy (non-hydrogen) atoms. The molecule has 0 aliphatic carbocycles. The van der Waals surface area contributed by atoms with E-state index in [2.05, 4.69) is 9.82 Å². The summed E-state index contributed by atoms with van der Waals surface area (Å²) >= 11 is 12.2. The van der Waals surface area contributed by atoms with Crippen molar-refractivity contribution in [3.05, 3.63) is 76.8 Å². The zero-order valence-electron chi connectivity index (χ0n) is 14.7. The van der Waals surface area contributed by atoms with Gasteiger partial charge in [-0.2, -0.15) is 5.10 Å². The highest BCUT2D eigenvalue weighted by Gasteiger charge is 2.21. The van der Waals surface area contributed by atoms with Crippen molar-refractivity contribution >= 4 is 49.8 Å². The summed E-state index contributed by atoms with van der Waals surface area (Å²) in [4.78, 5) is 0.116. The number of aromatic nitrogens is 2. The Balaban J connectivity index is 1.75. The van der Waals surface area contributed by atoms with Crippen LogP contribution in [0.3, 0.4) is 0 Å². The lowest BCUT2D eigenvalue weighted by Gasteiger charge is -2.11. The first-order valence-corrected chi connectivity index (χ1v) is 10.6. The number of rotatable bonds is 4. The summed E-state index contributed by atoms with van der Waals surface area (Å²) < 4.78 is 30.3. The molecule has 0 fully saturated rings. The summed E-state index contributed by atoms with van der Waals surface area (Å²) in [5.41, 5.74) is 1.46. The van der Waals surface area contributed by atoms with Gasteiger partial charge in [0, 0.05) is 34.1 Å². The van der Waals surface area contributed by atoms with Gasteiger partial charge >= 0.3 is 0 Å². The fourth-order valence-electron chi connectivity index (χ4n) is 3.00. The molecule has 3 aromatic carbocycles. The zero-order chi connectivity index (χ0) is 19.9. The molecule has 142 valence electrons. The molecule has 4 aromatic rings. The van der Waals surface area contributed by atoms with Crippen LogP contribution < -0.4 is 4.72 Å². The zero-order valence-corrected chi connectivity index (χ0v) is 17.1. The lowest BCUT2D eigenvalue weighted by Crippen LogP contribution is -2.15. The van der Waals surface area contributed by atoms with Crippen LogP contribution in [0.15, 0.2) is 71.6 Å². The monoisotopic (exact) mass is 431 g/mol. The molecule has 5 nitrogen and oxygen atoms in total. The van der Waals surface area contributed by atoms with Crippen LogP contribution in [0.4, 0.5) is 5.82 Å². The van der Waals surface area contributed by atoms with Crippen molar-refractivity contribution in [3.63, 3.8) is 0 Å². The Morgan fingerprint density at radius 1 is 0.964 bits per heavy atom. The molecule has 0 spiro atoms. The van der Waals surface area contributed by atoms with E-state index in [0.717, 1.165) is 10.9 Å². The van der Waals surface area contributed by atoms with E-state index >= 15 is 0 Å². The first kappa shape index (κ1) is 18.8. The van der Waals surface area contributed by atoms with E-state index in [9.17, 15) is 8.42 Å². The molecule has 8 heteroatoms. The number of sulfonamides is 1. The van der Waals surface area contributed by atoms with Gasteiger partial charge in [0.15, 0.2) is 0 Å². The Morgan fingerprint density at radius 3 is 2.36 bits per heavy atom. The van der Waals surface area contributed by atoms with Crippen LogP contribution >= 0.6 is 23.2 Å². The Morgan fingerprint density at radius 2 is 1.64 bits per heavy atom. The summed E-state index contributed by atoms with van der Waals surface area (Å²) in [5.74, 6) is 0.342. The third kappa shape index (κ3) is 3.46. The van der Waals surface area contributed by atoms with Crippen LogP contribution in [-0.4, -0.2) is 18.2 Å². The van der Waals surface area contributed by atoms with Crippen LogP contribution in [0.1, 0.15) is 0 Å². The SMILES string of the molecule is Cn1nc(-c2ccc(Cl)cc2)cc1NS(=O)(=O)c1cccc2cccc(Cl)c12. The predicted molar refractivity (Wildman–Crippen MR) is 113 cm³/mol. The minimum Gasteiger partial charge on any atom is -0.264 e. The maximum Gasteiger partial charge on any atom is 0.263 e. The fourth-order valence-corrected chi connectivity index (χ4v) is 4.80. The summed E-state index contributed by atoms with van der Waals surface area (Å²) in [6.07, 6.45) is 0. The van der Waals surface area contributed by atoms with Crippen LogP contribution in [0.25, 0.3) is 22.0 Å². The van der Waals surface area contributed by atoms with Crippen LogP contribution in [0.2, 0.25) is 10.0 Å². The van der Waals surface area contributed by atoms with Crippen molar-refractivity contribution in [2.75, 3.05) is 4.72 Å². The van der Waals surface area contributed by atoms with Gasteiger partial charge in [-0.05, 0) is 29.7 Å². The van der Waals surface area contributed by atoms with Crippen LogP contribution in [0.5, 0.6) is 0 Å². The smallest absolute Gasteiger partial charge is 0.263 e. The van der Waals surface area contributed by atoms with Gasteiger partial charge in [-0.15, -0.1) is 0 Å². The Labute approximate surface area is 172 Å². The summed E-state index contributed by atoms with van der Waals surface area (Å²) in [6.45, 7) is 0. The maximum atomic E-state index is 13.1. The second-order valence-electron chi connectivity index (χ2n) is 6.24. The van der Waals surface area contributed by atoms with E-state index in [4.69, 9.17) is 23.2 Å². The normalized spacial score (nSPS) is 11.7. The van der Waals surface area contributed by atoms with E-state index in [0.29, 0.717) is 26.9 Å². The van der Waals surface area contributed by atoms with Crippen molar-refractivity contribution in [3.8, 4) is 11.3 Å². The third-order valence-corrected chi connectivity index (χ3v) is 6.33. The lowest BCUT2D eigenvalue weighted by molar-refractivity contribution is 0.601. The highest BCUT2D eigenvalue weighted by atomic mass is 35.5. The summed E-state index contributed by atoms with van der Waals surface area (Å²) in [5, 5.41) is 6.63. The van der Waals surface area contributed by atoms with E-state index < -0.39 is 10.0 Å². The Kier molecular flexibility index (Phi) is 4.79. The first-order chi connectivity index (χ1) is 13.3.